The number of carbonyl (C=O) groups is 1. The third-order valence-corrected chi connectivity index (χ3v) is 4.85. The van der Waals surface area contributed by atoms with E-state index in [4.69, 9.17) is 0 Å². The van der Waals surface area contributed by atoms with E-state index in [0.717, 1.165) is 0 Å². The number of carbonyl (C=O) groups excluding carboxylic acids is 1. The van der Waals surface area contributed by atoms with Crippen LogP contribution in [0.5, 0.6) is 0 Å². The first-order valence-corrected chi connectivity index (χ1v) is 8.05. The highest BCUT2D eigenvalue weighted by Gasteiger charge is 2.23. The predicted octanol–water partition coefficient (Wildman–Crippen LogP) is 1.92. The summed E-state index contributed by atoms with van der Waals surface area (Å²) in [6.45, 7) is 1.99. The van der Waals surface area contributed by atoms with E-state index in [0.29, 0.717) is 12.1 Å². The zero-order chi connectivity index (χ0) is 12.1. The van der Waals surface area contributed by atoms with Gasteiger partial charge in [0.2, 0.25) is 5.91 Å². The van der Waals surface area contributed by atoms with Crippen molar-refractivity contribution in [2.75, 3.05) is 11.5 Å². The Morgan fingerprint density at radius 3 is 2.41 bits per heavy atom. The minimum absolute atomic E-state index is 0.0382. The maximum Gasteiger partial charge on any atom is 0.237 e. The van der Waals surface area contributed by atoms with Crippen molar-refractivity contribution in [1.82, 2.24) is 10.6 Å². The van der Waals surface area contributed by atoms with Crippen LogP contribution in [0.15, 0.2) is 0 Å². The fraction of sp³-hybridized carbons (Fsp3) is 0.923. The molecule has 1 amide bonds. The van der Waals surface area contributed by atoms with Crippen molar-refractivity contribution in [3.63, 3.8) is 0 Å². The van der Waals surface area contributed by atoms with E-state index in [2.05, 4.69) is 10.6 Å². The monoisotopic (exact) mass is 256 g/mol. The van der Waals surface area contributed by atoms with Crippen molar-refractivity contribution in [2.24, 2.45) is 0 Å². The van der Waals surface area contributed by atoms with Crippen LogP contribution in [0, 0.1) is 0 Å². The van der Waals surface area contributed by atoms with Crippen molar-refractivity contribution >= 4 is 17.7 Å². The summed E-state index contributed by atoms with van der Waals surface area (Å²) in [4.78, 5) is 12.0. The van der Waals surface area contributed by atoms with E-state index in [-0.39, 0.29) is 11.9 Å². The van der Waals surface area contributed by atoms with Crippen molar-refractivity contribution in [3.05, 3.63) is 0 Å². The molecule has 0 aromatic rings. The first-order chi connectivity index (χ1) is 8.25. The Morgan fingerprint density at radius 1 is 1.12 bits per heavy atom. The summed E-state index contributed by atoms with van der Waals surface area (Å²) in [6.07, 6.45) is 7.27. The maximum absolute atomic E-state index is 12.0. The van der Waals surface area contributed by atoms with Gasteiger partial charge in [-0.15, -0.1) is 0 Å². The number of amides is 1. The normalized spacial score (nSPS) is 24.8. The summed E-state index contributed by atoms with van der Waals surface area (Å²) >= 11 is 2.02. The lowest BCUT2D eigenvalue weighted by molar-refractivity contribution is -0.123. The van der Waals surface area contributed by atoms with Gasteiger partial charge in [-0.05, 0) is 44.1 Å². The van der Waals surface area contributed by atoms with Gasteiger partial charge >= 0.3 is 0 Å². The Hall–Kier alpha value is -0.220. The van der Waals surface area contributed by atoms with Gasteiger partial charge in [0.05, 0.1) is 6.04 Å². The van der Waals surface area contributed by atoms with Crippen molar-refractivity contribution < 1.29 is 4.79 Å². The molecule has 0 bridgehead atoms. The average Bonchev–Trinajstić information content (AvgIpc) is 2.83. The third-order valence-electron chi connectivity index (χ3n) is 3.80. The number of hydrogen-bond donors (Lipinski definition) is 2. The van der Waals surface area contributed by atoms with E-state index in [1.54, 1.807) is 0 Å². The Balaban J connectivity index is 1.70. The minimum Gasteiger partial charge on any atom is -0.352 e. The van der Waals surface area contributed by atoms with E-state index in [1.165, 1.54) is 50.0 Å². The molecule has 98 valence electrons. The van der Waals surface area contributed by atoms with Gasteiger partial charge < -0.3 is 10.6 Å². The molecule has 0 aromatic heterocycles. The van der Waals surface area contributed by atoms with Crippen LogP contribution in [0.25, 0.3) is 0 Å². The Morgan fingerprint density at radius 2 is 1.76 bits per heavy atom. The Bertz CT molecular complexity index is 248. The highest BCUT2D eigenvalue weighted by molar-refractivity contribution is 7.99. The molecule has 0 spiro atoms. The molecular weight excluding hydrogens is 232 g/mol. The number of thioether (sulfide) groups is 1. The van der Waals surface area contributed by atoms with Crippen LogP contribution in [-0.2, 0) is 4.79 Å². The quantitative estimate of drug-likeness (QED) is 0.807. The topological polar surface area (TPSA) is 41.1 Å². The number of rotatable bonds is 4. The van der Waals surface area contributed by atoms with Crippen LogP contribution in [0.2, 0.25) is 0 Å². The lowest BCUT2D eigenvalue weighted by atomic mass is 10.1. The molecule has 3 nitrogen and oxygen atoms in total. The first-order valence-electron chi connectivity index (χ1n) is 6.90. The summed E-state index contributed by atoms with van der Waals surface area (Å²) in [5, 5.41) is 6.63. The summed E-state index contributed by atoms with van der Waals surface area (Å²) < 4.78 is 0. The van der Waals surface area contributed by atoms with Crippen molar-refractivity contribution in [2.45, 2.75) is 63.6 Å². The van der Waals surface area contributed by atoms with Crippen molar-refractivity contribution in [3.8, 4) is 0 Å². The van der Waals surface area contributed by atoms with Gasteiger partial charge in [0.25, 0.3) is 0 Å². The van der Waals surface area contributed by atoms with Crippen LogP contribution in [0.3, 0.4) is 0 Å². The lowest BCUT2D eigenvalue weighted by Crippen LogP contribution is -2.49. The molecule has 0 aromatic carbocycles. The second kappa shape index (κ2) is 6.64. The SMILES string of the molecule is CC(NC1CCSCC1)C(=O)NC1CCCC1. The molecule has 0 radical (unpaired) electrons. The zero-order valence-electron chi connectivity index (χ0n) is 10.7. The van der Waals surface area contributed by atoms with Crippen molar-refractivity contribution in [1.29, 1.82) is 0 Å². The molecule has 2 rings (SSSR count). The van der Waals surface area contributed by atoms with Gasteiger partial charge in [-0.25, -0.2) is 0 Å². The molecule has 2 aliphatic rings. The largest absolute Gasteiger partial charge is 0.352 e. The molecule has 1 unspecified atom stereocenters. The minimum atomic E-state index is -0.0382. The highest BCUT2D eigenvalue weighted by Crippen LogP contribution is 2.19. The summed E-state index contributed by atoms with van der Waals surface area (Å²) in [5.41, 5.74) is 0. The fourth-order valence-electron chi connectivity index (χ4n) is 2.69. The molecule has 1 saturated heterocycles. The predicted molar refractivity (Wildman–Crippen MR) is 73.3 cm³/mol. The molecule has 1 aliphatic carbocycles. The van der Waals surface area contributed by atoms with Crippen LogP contribution >= 0.6 is 11.8 Å². The molecule has 2 fully saturated rings. The first kappa shape index (κ1) is 13.2. The van der Waals surface area contributed by atoms with Gasteiger partial charge in [0.15, 0.2) is 0 Å². The summed E-state index contributed by atoms with van der Waals surface area (Å²) in [5.74, 6) is 2.65. The highest BCUT2D eigenvalue weighted by atomic mass is 32.2. The molecule has 2 N–H and O–H groups in total. The molecule has 1 saturated carbocycles. The Labute approximate surface area is 108 Å². The van der Waals surface area contributed by atoms with E-state index < -0.39 is 0 Å². The zero-order valence-corrected chi connectivity index (χ0v) is 11.5. The third kappa shape index (κ3) is 4.18. The van der Waals surface area contributed by atoms with E-state index >= 15 is 0 Å². The molecular formula is C13H24N2OS. The van der Waals surface area contributed by atoms with Gasteiger partial charge in [0, 0.05) is 12.1 Å². The molecule has 1 aliphatic heterocycles. The van der Waals surface area contributed by atoms with Crippen LogP contribution < -0.4 is 10.6 Å². The second-order valence-electron chi connectivity index (χ2n) is 5.26. The van der Waals surface area contributed by atoms with Crippen LogP contribution in [0.1, 0.15) is 45.4 Å². The van der Waals surface area contributed by atoms with Crippen LogP contribution in [-0.4, -0.2) is 35.5 Å². The lowest BCUT2D eigenvalue weighted by Gasteiger charge is -2.26. The van der Waals surface area contributed by atoms with Gasteiger partial charge in [-0.2, -0.15) is 11.8 Å². The molecule has 17 heavy (non-hydrogen) atoms. The summed E-state index contributed by atoms with van der Waals surface area (Å²) in [7, 11) is 0. The van der Waals surface area contributed by atoms with Gasteiger partial charge in [-0.3, -0.25) is 4.79 Å². The fourth-order valence-corrected chi connectivity index (χ4v) is 3.80. The Kier molecular flexibility index (Phi) is 5.16. The number of hydrogen-bond acceptors (Lipinski definition) is 3. The second-order valence-corrected chi connectivity index (χ2v) is 6.49. The van der Waals surface area contributed by atoms with Gasteiger partial charge in [-0.1, -0.05) is 12.8 Å². The number of nitrogens with one attached hydrogen (secondary N) is 2. The standard InChI is InChI=1S/C13H24N2OS/c1-10(14-12-6-8-17-9-7-12)13(16)15-11-4-2-3-5-11/h10-12,14H,2-9H2,1H3,(H,15,16). The van der Waals surface area contributed by atoms with Crippen LogP contribution in [0.4, 0.5) is 0 Å². The smallest absolute Gasteiger partial charge is 0.237 e. The van der Waals surface area contributed by atoms with Gasteiger partial charge in [0.1, 0.15) is 0 Å². The molecule has 1 heterocycles. The van der Waals surface area contributed by atoms with E-state index in [9.17, 15) is 4.79 Å². The summed E-state index contributed by atoms with van der Waals surface area (Å²) in [6, 6.07) is 0.943. The molecule has 1 atom stereocenters. The maximum atomic E-state index is 12.0. The average molecular weight is 256 g/mol. The van der Waals surface area contributed by atoms with E-state index in [1.807, 2.05) is 18.7 Å². The molecule has 4 heteroatoms.